The highest BCUT2D eigenvalue weighted by molar-refractivity contribution is 7.90. The Labute approximate surface area is 210 Å². The van der Waals surface area contributed by atoms with Crippen molar-refractivity contribution >= 4 is 16.0 Å². The summed E-state index contributed by atoms with van der Waals surface area (Å²) in [5.74, 6) is 0.222. The van der Waals surface area contributed by atoms with Crippen molar-refractivity contribution < 1.29 is 27.4 Å². The van der Waals surface area contributed by atoms with Crippen LogP contribution < -0.4 is 9.46 Å². The normalized spacial score (nSPS) is 20.2. The van der Waals surface area contributed by atoms with Crippen LogP contribution in [0.4, 0.5) is 4.39 Å². The highest BCUT2D eigenvalue weighted by Gasteiger charge is 2.48. The van der Waals surface area contributed by atoms with Crippen LogP contribution in [-0.4, -0.2) is 38.9 Å². The number of ether oxygens (including phenoxy) is 2. The van der Waals surface area contributed by atoms with Gasteiger partial charge in [-0.1, -0.05) is 60.7 Å². The number of benzene rings is 3. The Balaban J connectivity index is 1.65. The van der Waals surface area contributed by atoms with Crippen LogP contribution in [0, 0.1) is 5.82 Å². The molecule has 36 heavy (non-hydrogen) atoms. The number of aliphatic imine (C=N–C) groups is 1. The highest BCUT2D eigenvalue weighted by atomic mass is 32.2. The van der Waals surface area contributed by atoms with E-state index in [0.717, 1.165) is 11.1 Å². The molecule has 1 heterocycles. The predicted molar refractivity (Wildman–Crippen MR) is 137 cm³/mol. The average molecular weight is 513 g/mol. The molecule has 1 fully saturated rings. The molecule has 190 valence electrons. The van der Waals surface area contributed by atoms with Crippen LogP contribution in [-0.2, 0) is 14.8 Å². The molecule has 4 rings (SSSR count). The number of aliphatic hydroxyl groups is 1. The Morgan fingerprint density at radius 3 is 2.39 bits per heavy atom. The lowest BCUT2D eigenvalue weighted by Crippen LogP contribution is -2.53. The van der Waals surface area contributed by atoms with Crippen LogP contribution >= 0.6 is 0 Å². The lowest BCUT2D eigenvalue weighted by Gasteiger charge is -2.39. The fraction of sp³-hybridized carbons (Fsp3) is 0.296. The van der Waals surface area contributed by atoms with Gasteiger partial charge in [0.1, 0.15) is 22.4 Å². The number of rotatable bonds is 7. The smallest absolute Gasteiger partial charge is 0.299 e. The molecule has 2 N–H and O–H groups in total. The van der Waals surface area contributed by atoms with Gasteiger partial charge in [0.25, 0.3) is 6.02 Å². The molecule has 0 amide bonds. The van der Waals surface area contributed by atoms with Gasteiger partial charge >= 0.3 is 0 Å². The molecule has 0 aromatic heterocycles. The molecule has 1 aliphatic heterocycles. The first-order valence-electron chi connectivity index (χ1n) is 11.5. The number of para-hydroxylation sites is 1. The van der Waals surface area contributed by atoms with Gasteiger partial charge in [0, 0.05) is 17.7 Å². The van der Waals surface area contributed by atoms with E-state index < -0.39 is 32.7 Å². The molecule has 0 saturated carbocycles. The van der Waals surface area contributed by atoms with E-state index in [1.807, 2.05) is 36.4 Å². The molecule has 0 radical (unpaired) electrons. The summed E-state index contributed by atoms with van der Waals surface area (Å²) in [4.78, 5) is 4.34. The minimum absolute atomic E-state index is 0.101. The summed E-state index contributed by atoms with van der Waals surface area (Å²) in [5, 5.41) is 8.45. The predicted octanol–water partition coefficient (Wildman–Crippen LogP) is 4.75. The molecule has 0 spiro atoms. The van der Waals surface area contributed by atoms with Gasteiger partial charge in [-0.25, -0.2) is 22.5 Å². The second-order valence-electron chi connectivity index (χ2n) is 9.04. The Morgan fingerprint density at radius 1 is 1.08 bits per heavy atom. The molecule has 0 aliphatic carbocycles. The maximum absolute atomic E-state index is 14.4. The molecule has 1 saturated heterocycles. The summed E-state index contributed by atoms with van der Waals surface area (Å²) in [5.41, 5.74) is 1.38. The molecule has 0 bridgehead atoms. The molecule has 2 atom stereocenters. The van der Waals surface area contributed by atoms with Gasteiger partial charge in [-0.15, -0.1) is 0 Å². The average Bonchev–Trinajstić information content (AvgIpc) is 2.83. The summed E-state index contributed by atoms with van der Waals surface area (Å²) < 4.78 is 55.0. The zero-order valence-electron chi connectivity index (χ0n) is 20.3. The van der Waals surface area contributed by atoms with Crippen LogP contribution in [0.15, 0.2) is 77.8 Å². The Bertz CT molecular complexity index is 1360. The monoisotopic (exact) mass is 512 g/mol. The van der Waals surface area contributed by atoms with Crippen molar-refractivity contribution in [3.63, 3.8) is 0 Å². The minimum Gasteiger partial charge on any atom is -0.496 e. The lowest BCUT2D eigenvalue weighted by molar-refractivity contribution is 0.0758. The van der Waals surface area contributed by atoms with Gasteiger partial charge in [-0.3, -0.25) is 0 Å². The zero-order chi connectivity index (χ0) is 25.9. The minimum atomic E-state index is -3.96. The second kappa shape index (κ2) is 10.3. The summed E-state index contributed by atoms with van der Waals surface area (Å²) >= 11 is 0. The fourth-order valence-corrected chi connectivity index (χ4v) is 6.30. The number of halogens is 1. The molecular weight excluding hydrogens is 483 g/mol. The maximum Gasteiger partial charge on any atom is 0.299 e. The van der Waals surface area contributed by atoms with Gasteiger partial charge < -0.3 is 14.6 Å². The van der Waals surface area contributed by atoms with Crippen molar-refractivity contribution in [2.24, 2.45) is 4.99 Å². The van der Waals surface area contributed by atoms with Gasteiger partial charge in [-0.05, 0) is 43.5 Å². The summed E-state index contributed by atoms with van der Waals surface area (Å²) in [7, 11) is -2.36. The second-order valence-corrected chi connectivity index (χ2v) is 10.8. The summed E-state index contributed by atoms with van der Waals surface area (Å²) in [6, 6.07) is 19.8. The van der Waals surface area contributed by atoms with E-state index in [2.05, 4.69) is 9.71 Å². The Morgan fingerprint density at radius 2 is 1.75 bits per heavy atom. The van der Waals surface area contributed by atoms with E-state index >= 15 is 0 Å². The van der Waals surface area contributed by atoms with Crippen LogP contribution in [0.1, 0.15) is 42.7 Å². The van der Waals surface area contributed by atoms with E-state index in [-0.39, 0.29) is 24.6 Å². The first-order chi connectivity index (χ1) is 17.2. The largest absolute Gasteiger partial charge is 0.496 e. The first kappa shape index (κ1) is 25.7. The van der Waals surface area contributed by atoms with E-state index in [1.165, 1.54) is 6.07 Å². The topological polar surface area (TPSA) is 97.2 Å². The molecule has 9 heteroatoms. The Kier molecular flexibility index (Phi) is 7.33. The quantitative estimate of drug-likeness (QED) is 0.476. The molecule has 3 aromatic rings. The number of sulfonamides is 1. The molecule has 3 aromatic carbocycles. The third kappa shape index (κ3) is 5.22. The van der Waals surface area contributed by atoms with Crippen molar-refractivity contribution in [2.75, 3.05) is 13.7 Å². The number of hydrogen-bond acceptors (Lipinski definition) is 6. The fourth-order valence-electron chi connectivity index (χ4n) is 4.53. The van der Waals surface area contributed by atoms with Crippen LogP contribution in [0.2, 0.25) is 0 Å². The number of nitrogens with zero attached hydrogens (tertiary/aromatic N) is 1. The van der Waals surface area contributed by atoms with Gasteiger partial charge in [0.2, 0.25) is 10.0 Å². The number of nitrogens with one attached hydrogen (secondary N) is 1. The van der Waals surface area contributed by atoms with E-state index in [1.54, 1.807) is 51.3 Å². The summed E-state index contributed by atoms with van der Waals surface area (Å²) in [6.45, 7) is 3.08. The lowest BCUT2D eigenvalue weighted by atomic mass is 9.95. The van der Waals surface area contributed by atoms with Crippen molar-refractivity contribution in [3.05, 3.63) is 89.7 Å². The maximum atomic E-state index is 14.4. The Hall–Kier alpha value is -3.43. The number of hydrogen-bond donors (Lipinski definition) is 2. The highest BCUT2D eigenvalue weighted by Crippen LogP contribution is 2.40. The van der Waals surface area contributed by atoms with Gasteiger partial charge in [0.05, 0.1) is 13.2 Å². The first-order valence-corrected chi connectivity index (χ1v) is 13.1. The molecule has 7 nitrogen and oxygen atoms in total. The van der Waals surface area contributed by atoms with Crippen molar-refractivity contribution in [2.45, 2.75) is 37.2 Å². The number of aliphatic hydroxyl groups excluding tert-OH is 1. The molecule has 1 unspecified atom stereocenters. The van der Waals surface area contributed by atoms with Crippen molar-refractivity contribution in [3.8, 4) is 16.9 Å². The number of methoxy groups -OCH3 is 1. The van der Waals surface area contributed by atoms with Gasteiger partial charge in [-0.2, -0.15) is 0 Å². The zero-order valence-corrected chi connectivity index (χ0v) is 21.1. The van der Waals surface area contributed by atoms with E-state index in [9.17, 15) is 17.9 Å². The summed E-state index contributed by atoms with van der Waals surface area (Å²) in [6.07, 6.45) is 0.101. The van der Waals surface area contributed by atoms with E-state index in [4.69, 9.17) is 9.47 Å². The van der Waals surface area contributed by atoms with Crippen molar-refractivity contribution in [1.82, 2.24) is 4.72 Å². The van der Waals surface area contributed by atoms with Crippen molar-refractivity contribution in [1.29, 1.82) is 0 Å². The number of amidine groups is 1. The molecular formula is C27H29FN2O5S. The van der Waals surface area contributed by atoms with Gasteiger partial charge in [0.15, 0.2) is 0 Å². The van der Waals surface area contributed by atoms with Crippen LogP contribution in [0.25, 0.3) is 11.1 Å². The third-order valence-electron chi connectivity index (χ3n) is 6.10. The SMILES string of the molecule is COc1ccccc1-c1ccc(C2C(C)(C)OC(=N[C@@H](CCO)c3ccccc3F)NS2(=O)=O)cc1. The standard InChI is InChI=1S/C27H29FN2O5S/c1-27(2)25(19-14-12-18(13-15-19)20-8-5-7-11-24(20)34-3)36(32,33)30-26(35-27)29-23(16-17-31)21-9-4-6-10-22(21)28/h4-15,23,25,31H,16-17H2,1-3H3,(H,29,30)/t23-,25?/m0/s1. The third-order valence-corrected chi connectivity index (χ3v) is 8.02. The van der Waals surface area contributed by atoms with Crippen LogP contribution in [0.3, 0.4) is 0 Å². The molecule has 1 aliphatic rings. The van der Waals surface area contributed by atoms with E-state index in [0.29, 0.717) is 11.3 Å². The van der Waals surface area contributed by atoms with Crippen LogP contribution in [0.5, 0.6) is 5.75 Å².